The predicted molar refractivity (Wildman–Crippen MR) is 139 cm³/mol. The lowest BCUT2D eigenvalue weighted by Crippen LogP contribution is -2.37. The lowest BCUT2D eigenvalue weighted by molar-refractivity contribution is -0.225. The highest BCUT2D eigenvalue weighted by atomic mass is 19.4. The number of ether oxygens (including phenoxy) is 2. The second-order valence-electron chi connectivity index (χ2n) is 9.81. The molecule has 0 aliphatic heterocycles. The SMILES string of the molecule is CCCCC(OC(=O)C1CCc2cc(OC(=O)c3ccc(-c4ccc(C)cc4)cc3)ccc2C1)C(F)(F)F. The average Bonchev–Trinajstić information content (AvgIpc) is 2.90. The molecule has 0 amide bonds. The molecule has 1 aliphatic rings. The summed E-state index contributed by atoms with van der Waals surface area (Å²) in [5, 5.41) is 0. The van der Waals surface area contributed by atoms with Gasteiger partial charge in [0.1, 0.15) is 5.75 Å². The maximum Gasteiger partial charge on any atom is 0.425 e. The number of carbonyl (C=O) groups is 2. The number of halogens is 3. The van der Waals surface area contributed by atoms with E-state index in [9.17, 15) is 22.8 Å². The van der Waals surface area contributed by atoms with Gasteiger partial charge in [-0.1, -0.05) is 61.4 Å². The highest BCUT2D eigenvalue weighted by Crippen LogP contribution is 2.32. The third kappa shape index (κ3) is 6.82. The molecule has 4 nitrogen and oxygen atoms in total. The van der Waals surface area contributed by atoms with Crippen LogP contribution in [-0.4, -0.2) is 24.2 Å². The van der Waals surface area contributed by atoms with E-state index in [0.29, 0.717) is 43.4 Å². The lowest BCUT2D eigenvalue weighted by Gasteiger charge is -2.27. The van der Waals surface area contributed by atoms with Crippen LogP contribution in [0, 0.1) is 12.8 Å². The monoisotopic (exact) mass is 524 g/mol. The normalized spacial score (nSPS) is 15.9. The van der Waals surface area contributed by atoms with Gasteiger partial charge in [0, 0.05) is 0 Å². The summed E-state index contributed by atoms with van der Waals surface area (Å²) in [7, 11) is 0. The van der Waals surface area contributed by atoms with Gasteiger partial charge in [0.25, 0.3) is 0 Å². The molecular weight excluding hydrogens is 493 g/mol. The van der Waals surface area contributed by atoms with Crippen molar-refractivity contribution in [1.29, 1.82) is 0 Å². The minimum atomic E-state index is -4.57. The Morgan fingerprint density at radius 1 is 0.947 bits per heavy atom. The van der Waals surface area contributed by atoms with Crippen LogP contribution in [0.5, 0.6) is 5.75 Å². The van der Waals surface area contributed by atoms with E-state index in [1.54, 1.807) is 37.3 Å². The molecule has 0 fully saturated rings. The summed E-state index contributed by atoms with van der Waals surface area (Å²) in [4.78, 5) is 25.2. The van der Waals surface area contributed by atoms with Crippen molar-refractivity contribution >= 4 is 11.9 Å². The van der Waals surface area contributed by atoms with Crippen LogP contribution in [0.3, 0.4) is 0 Å². The van der Waals surface area contributed by atoms with Crippen molar-refractivity contribution in [2.24, 2.45) is 5.92 Å². The molecule has 0 saturated heterocycles. The molecule has 0 N–H and O–H groups in total. The second kappa shape index (κ2) is 11.8. The molecule has 38 heavy (non-hydrogen) atoms. The third-order valence-corrected chi connectivity index (χ3v) is 6.90. The maximum atomic E-state index is 13.3. The van der Waals surface area contributed by atoms with E-state index in [2.05, 4.69) is 0 Å². The quantitative estimate of drug-likeness (QED) is 0.224. The van der Waals surface area contributed by atoms with Crippen molar-refractivity contribution in [3.8, 4) is 16.9 Å². The molecule has 1 aliphatic carbocycles. The van der Waals surface area contributed by atoms with Crippen molar-refractivity contribution in [3.05, 3.63) is 89.0 Å². The predicted octanol–water partition coefficient (Wildman–Crippen LogP) is 7.65. The van der Waals surface area contributed by atoms with E-state index >= 15 is 0 Å². The van der Waals surface area contributed by atoms with E-state index in [0.717, 1.165) is 22.3 Å². The van der Waals surface area contributed by atoms with E-state index in [4.69, 9.17) is 9.47 Å². The highest BCUT2D eigenvalue weighted by molar-refractivity contribution is 5.91. The van der Waals surface area contributed by atoms with Crippen LogP contribution < -0.4 is 4.74 Å². The summed E-state index contributed by atoms with van der Waals surface area (Å²) in [6.45, 7) is 3.82. The van der Waals surface area contributed by atoms with Gasteiger partial charge < -0.3 is 9.47 Å². The topological polar surface area (TPSA) is 52.6 Å². The van der Waals surface area contributed by atoms with Crippen LogP contribution in [0.1, 0.15) is 59.7 Å². The van der Waals surface area contributed by atoms with Gasteiger partial charge in [-0.25, -0.2) is 4.79 Å². The van der Waals surface area contributed by atoms with Gasteiger partial charge in [0.2, 0.25) is 0 Å². The van der Waals surface area contributed by atoms with Crippen LogP contribution in [0.25, 0.3) is 11.1 Å². The summed E-state index contributed by atoms with van der Waals surface area (Å²) >= 11 is 0. The first kappa shape index (κ1) is 27.4. The number of hydrogen-bond acceptors (Lipinski definition) is 4. The Bertz CT molecular complexity index is 1260. The summed E-state index contributed by atoms with van der Waals surface area (Å²) in [5.74, 6) is -1.54. The number of fused-ring (bicyclic) bond motifs is 1. The molecule has 0 heterocycles. The Morgan fingerprint density at radius 2 is 1.61 bits per heavy atom. The molecule has 3 aromatic rings. The zero-order chi connectivity index (χ0) is 27.3. The number of unbranched alkanes of at least 4 members (excludes halogenated alkanes) is 1. The van der Waals surface area contributed by atoms with E-state index in [1.165, 1.54) is 5.56 Å². The average molecular weight is 525 g/mol. The molecule has 0 bridgehead atoms. The standard InChI is InChI=1S/C31H31F3O4/c1-3-4-5-28(31(32,33)34)38-30(36)26-15-14-25-19-27(17-16-24(25)18-26)37-29(35)23-12-10-22(11-13-23)21-8-6-20(2)7-9-21/h6-13,16-17,19,26,28H,3-5,14-15,18H2,1-2H3. The number of rotatable bonds is 8. The minimum Gasteiger partial charge on any atom is -0.452 e. The number of esters is 2. The van der Waals surface area contributed by atoms with Gasteiger partial charge in [-0.2, -0.15) is 13.2 Å². The van der Waals surface area contributed by atoms with Gasteiger partial charge in [0.15, 0.2) is 6.10 Å². The Balaban J connectivity index is 1.37. The Morgan fingerprint density at radius 3 is 2.24 bits per heavy atom. The Kier molecular flexibility index (Phi) is 8.55. The molecule has 2 atom stereocenters. The Hall–Kier alpha value is -3.61. The van der Waals surface area contributed by atoms with Crippen LogP contribution in [0.4, 0.5) is 13.2 Å². The minimum absolute atomic E-state index is 0.224. The van der Waals surface area contributed by atoms with Gasteiger partial charge in [-0.15, -0.1) is 0 Å². The van der Waals surface area contributed by atoms with Crippen molar-refractivity contribution in [2.45, 2.75) is 64.7 Å². The molecule has 0 aromatic heterocycles. The molecular formula is C31H31F3O4. The Labute approximate surface area is 220 Å². The number of alkyl halides is 3. The summed E-state index contributed by atoms with van der Waals surface area (Å²) in [5.41, 5.74) is 5.40. The number of hydrogen-bond donors (Lipinski definition) is 0. The molecule has 3 aromatic carbocycles. The lowest BCUT2D eigenvalue weighted by atomic mass is 9.84. The highest BCUT2D eigenvalue weighted by Gasteiger charge is 2.43. The second-order valence-corrected chi connectivity index (χ2v) is 9.81. The van der Waals surface area contributed by atoms with E-state index in [1.807, 2.05) is 43.3 Å². The zero-order valence-electron chi connectivity index (χ0n) is 21.5. The zero-order valence-corrected chi connectivity index (χ0v) is 21.5. The van der Waals surface area contributed by atoms with Crippen molar-refractivity contribution in [2.75, 3.05) is 0 Å². The van der Waals surface area contributed by atoms with E-state index in [-0.39, 0.29) is 6.42 Å². The number of aryl methyl sites for hydroxylation is 2. The molecule has 2 unspecified atom stereocenters. The van der Waals surface area contributed by atoms with E-state index < -0.39 is 30.1 Å². The molecule has 7 heteroatoms. The summed E-state index contributed by atoms with van der Waals surface area (Å²) in [6, 6.07) is 20.5. The van der Waals surface area contributed by atoms with Crippen molar-refractivity contribution < 1.29 is 32.2 Å². The fourth-order valence-corrected chi connectivity index (χ4v) is 4.62. The van der Waals surface area contributed by atoms with Crippen LogP contribution in [0.2, 0.25) is 0 Å². The molecule has 4 rings (SSSR count). The van der Waals surface area contributed by atoms with Gasteiger partial charge in [-0.3, -0.25) is 4.79 Å². The first-order valence-corrected chi connectivity index (χ1v) is 12.9. The fraction of sp³-hybridized carbons (Fsp3) is 0.355. The largest absolute Gasteiger partial charge is 0.452 e. The van der Waals surface area contributed by atoms with Crippen molar-refractivity contribution in [3.63, 3.8) is 0 Å². The molecule has 0 saturated carbocycles. The number of carbonyl (C=O) groups excluding carboxylic acids is 2. The molecule has 0 spiro atoms. The summed E-state index contributed by atoms with van der Waals surface area (Å²) < 4.78 is 50.3. The van der Waals surface area contributed by atoms with Gasteiger partial charge >= 0.3 is 18.1 Å². The molecule has 200 valence electrons. The third-order valence-electron chi connectivity index (χ3n) is 6.90. The van der Waals surface area contributed by atoms with Crippen LogP contribution in [-0.2, 0) is 22.4 Å². The fourth-order valence-electron chi connectivity index (χ4n) is 4.62. The smallest absolute Gasteiger partial charge is 0.425 e. The van der Waals surface area contributed by atoms with Gasteiger partial charge in [0.05, 0.1) is 11.5 Å². The van der Waals surface area contributed by atoms with Crippen LogP contribution >= 0.6 is 0 Å². The van der Waals surface area contributed by atoms with Gasteiger partial charge in [-0.05, 0) is 85.5 Å². The molecule has 0 radical (unpaired) electrons. The summed E-state index contributed by atoms with van der Waals surface area (Å²) in [6.07, 6.45) is -4.78. The first-order chi connectivity index (χ1) is 18.1. The first-order valence-electron chi connectivity index (χ1n) is 12.9. The number of benzene rings is 3. The van der Waals surface area contributed by atoms with Crippen molar-refractivity contribution in [1.82, 2.24) is 0 Å². The maximum absolute atomic E-state index is 13.3. The van der Waals surface area contributed by atoms with Crippen LogP contribution in [0.15, 0.2) is 66.7 Å².